The van der Waals surface area contributed by atoms with Gasteiger partial charge in [-0.05, 0) is 17.7 Å². The zero-order chi connectivity index (χ0) is 14.4. The molecule has 1 amide bonds. The fraction of sp³-hybridized carbons (Fsp3) is 0.143. The van der Waals surface area contributed by atoms with Gasteiger partial charge in [-0.15, -0.1) is 0 Å². The van der Waals surface area contributed by atoms with Crippen LogP contribution in [-0.2, 0) is 11.2 Å². The molecule has 2 aromatic rings. The second-order valence-corrected chi connectivity index (χ2v) is 4.88. The van der Waals surface area contributed by atoms with Crippen molar-refractivity contribution in [1.29, 1.82) is 0 Å². The molecule has 0 saturated carbocycles. The highest BCUT2D eigenvalue weighted by Gasteiger charge is 2.02. The van der Waals surface area contributed by atoms with Crippen molar-refractivity contribution in [3.8, 4) is 0 Å². The molecule has 0 bridgehead atoms. The average molecular weight is 310 g/mol. The standard InChI is InChI=1S/C14H13Cl2N3O/c15-12-3-1-2-10(14(12)16)4-5-13(20)18-7-6-11-8-17-9-19-11/h1-5,8-9H,6-7H2,(H,17,19)(H,18,20). The summed E-state index contributed by atoms with van der Waals surface area (Å²) in [5.41, 5.74) is 1.69. The van der Waals surface area contributed by atoms with Crippen LogP contribution in [-0.4, -0.2) is 22.4 Å². The highest BCUT2D eigenvalue weighted by atomic mass is 35.5. The van der Waals surface area contributed by atoms with Crippen LogP contribution in [0.15, 0.2) is 36.8 Å². The van der Waals surface area contributed by atoms with E-state index in [9.17, 15) is 4.79 Å². The van der Waals surface area contributed by atoms with Crippen LogP contribution >= 0.6 is 23.2 Å². The van der Waals surface area contributed by atoms with Gasteiger partial charge in [-0.2, -0.15) is 0 Å². The van der Waals surface area contributed by atoms with Gasteiger partial charge in [0.2, 0.25) is 5.91 Å². The number of hydrogen-bond donors (Lipinski definition) is 2. The molecule has 0 aliphatic heterocycles. The zero-order valence-electron chi connectivity index (χ0n) is 10.6. The fourth-order valence-electron chi connectivity index (χ4n) is 1.62. The summed E-state index contributed by atoms with van der Waals surface area (Å²) in [6.45, 7) is 0.536. The molecular formula is C14H13Cl2N3O. The van der Waals surface area contributed by atoms with Crippen molar-refractivity contribution in [3.05, 3.63) is 58.1 Å². The summed E-state index contributed by atoms with van der Waals surface area (Å²) in [6.07, 6.45) is 7.12. The number of rotatable bonds is 5. The third-order valence-electron chi connectivity index (χ3n) is 2.64. The van der Waals surface area contributed by atoms with Gasteiger partial charge in [0.1, 0.15) is 0 Å². The summed E-state index contributed by atoms with van der Waals surface area (Å²) in [6, 6.07) is 5.28. The fourth-order valence-corrected chi connectivity index (χ4v) is 1.99. The first-order valence-electron chi connectivity index (χ1n) is 6.04. The highest BCUT2D eigenvalue weighted by molar-refractivity contribution is 6.42. The van der Waals surface area contributed by atoms with Crippen molar-refractivity contribution in [2.75, 3.05) is 6.54 Å². The molecule has 0 aliphatic rings. The van der Waals surface area contributed by atoms with E-state index >= 15 is 0 Å². The van der Waals surface area contributed by atoms with Crippen LogP contribution in [0.1, 0.15) is 11.3 Å². The maximum atomic E-state index is 11.6. The number of benzene rings is 1. The molecule has 1 aromatic carbocycles. The minimum atomic E-state index is -0.180. The maximum Gasteiger partial charge on any atom is 0.244 e. The Labute approximate surface area is 126 Å². The van der Waals surface area contributed by atoms with E-state index in [0.717, 1.165) is 5.69 Å². The second kappa shape index (κ2) is 7.12. The molecule has 20 heavy (non-hydrogen) atoms. The number of aromatic amines is 1. The topological polar surface area (TPSA) is 57.8 Å². The van der Waals surface area contributed by atoms with Crippen molar-refractivity contribution < 1.29 is 4.79 Å². The van der Waals surface area contributed by atoms with Crippen molar-refractivity contribution >= 4 is 35.2 Å². The number of hydrogen-bond acceptors (Lipinski definition) is 2. The van der Waals surface area contributed by atoms with Crippen LogP contribution in [0.3, 0.4) is 0 Å². The Hall–Kier alpha value is -1.78. The number of carbonyl (C=O) groups excluding carboxylic acids is 1. The zero-order valence-corrected chi connectivity index (χ0v) is 12.1. The first kappa shape index (κ1) is 14.6. The van der Waals surface area contributed by atoms with E-state index in [4.69, 9.17) is 23.2 Å². The summed E-state index contributed by atoms with van der Waals surface area (Å²) < 4.78 is 0. The van der Waals surface area contributed by atoms with E-state index in [1.807, 2.05) is 0 Å². The summed E-state index contributed by atoms with van der Waals surface area (Å²) in [7, 11) is 0. The van der Waals surface area contributed by atoms with E-state index in [1.165, 1.54) is 6.08 Å². The van der Waals surface area contributed by atoms with E-state index < -0.39 is 0 Å². The molecule has 1 heterocycles. The smallest absolute Gasteiger partial charge is 0.244 e. The number of nitrogens with one attached hydrogen (secondary N) is 2. The van der Waals surface area contributed by atoms with Crippen molar-refractivity contribution in [2.45, 2.75) is 6.42 Å². The van der Waals surface area contributed by atoms with Gasteiger partial charge in [-0.3, -0.25) is 4.79 Å². The average Bonchev–Trinajstić information content (AvgIpc) is 2.94. The lowest BCUT2D eigenvalue weighted by atomic mass is 10.2. The molecule has 0 spiro atoms. The number of carbonyl (C=O) groups is 1. The largest absolute Gasteiger partial charge is 0.352 e. The van der Waals surface area contributed by atoms with Crippen molar-refractivity contribution in [2.24, 2.45) is 0 Å². The number of imidazole rings is 1. The first-order valence-corrected chi connectivity index (χ1v) is 6.79. The second-order valence-electron chi connectivity index (χ2n) is 4.09. The van der Waals surface area contributed by atoms with E-state index in [2.05, 4.69) is 15.3 Å². The minimum Gasteiger partial charge on any atom is -0.352 e. The van der Waals surface area contributed by atoms with Gasteiger partial charge in [-0.1, -0.05) is 35.3 Å². The molecule has 0 unspecified atom stereocenters. The third kappa shape index (κ3) is 4.11. The summed E-state index contributed by atoms with van der Waals surface area (Å²) in [4.78, 5) is 18.5. The Morgan fingerprint density at radius 1 is 1.40 bits per heavy atom. The van der Waals surface area contributed by atoms with E-state index in [-0.39, 0.29) is 5.91 Å². The molecule has 4 nitrogen and oxygen atoms in total. The lowest BCUT2D eigenvalue weighted by molar-refractivity contribution is -0.116. The lowest BCUT2D eigenvalue weighted by Gasteiger charge is -2.01. The van der Waals surface area contributed by atoms with Gasteiger partial charge in [-0.25, -0.2) is 4.98 Å². The predicted octanol–water partition coefficient (Wildman–Crippen LogP) is 3.09. The molecule has 104 valence electrons. The molecule has 0 saturated heterocycles. The van der Waals surface area contributed by atoms with Crippen LogP contribution < -0.4 is 5.32 Å². The van der Waals surface area contributed by atoms with Gasteiger partial charge in [0.25, 0.3) is 0 Å². The van der Waals surface area contributed by atoms with E-state index in [1.54, 1.807) is 36.8 Å². The van der Waals surface area contributed by atoms with Gasteiger partial charge in [0, 0.05) is 30.9 Å². The predicted molar refractivity (Wildman–Crippen MR) is 80.8 cm³/mol. The third-order valence-corrected chi connectivity index (χ3v) is 3.48. The van der Waals surface area contributed by atoms with Crippen LogP contribution in [0.25, 0.3) is 6.08 Å². The van der Waals surface area contributed by atoms with Crippen LogP contribution in [0, 0.1) is 0 Å². The van der Waals surface area contributed by atoms with Crippen molar-refractivity contribution in [3.63, 3.8) is 0 Å². The first-order chi connectivity index (χ1) is 9.66. The summed E-state index contributed by atoms with van der Waals surface area (Å²) in [5, 5.41) is 3.68. The van der Waals surface area contributed by atoms with Gasteiger partial charge >= 0.3 is 0 Å². The number of amides is 1. The number of H-pyrrole nitrogens is 1. The maximum absolute atomic E-state index is 11.6. The Morgan fingerprint density at radius 2 is 2.25 bits per heavy atom. The molecule has 2 N–H and O–H groups in total. The Morgan fingerprint density at radius 3 is 3.00 bits per heavy atom. The molecule has 0 radical (unpaired) electrons. The number of nitrogens with zero attached hydrogens (tertiary/aromatic N) is 1. The quantitative estimate of drug-likeness (QED) is 0.834. The molecule has 0 aliphatic carbocycles. The minimum absolute atomic E-state index is 0.180. The Kier molecular flexibility index (Phi) is 5.21. The van der Waals surface area contributed by atoms with Gasteiger partial charge in [0.15, 0.2) is 0 Å². The highest BCUT2D eigenvalue weighted by Crippen LogP contribution is 2.26. The Balaban J connectivity index is 1.84. The molecule has 0 atom stereocenters. The number of halogens is 2. The van der Waals surface area contributed by atoms with E-state index in [0.29, 0.717) is 28.6 Å². The number of aromatic nitrogens is 2. The Bertz CT molecular complexity index is 609. The SMILES string of the molecule is O=C(C=Cc1cccc(Cl)c1Cl)NCCc1cnc[nH]1. The molecule has 0 fully saturated rings. The van der Waals surface area contributed by atoms with Crippen LogP contribution in [0.5, 0.6) is 0 Å². The summed E-state index contributed by atoms with van der Waals surface area (Å²) in [5.74, 6) is -0.180. The van der Waals surface area contributed by atoms with Gasteiger partial charge in [0.05, 0.1) is 16.4 Å². The lowest BCUT2D eigenvalue weighted by Crippen LogP contribution is -2.23. The molecular weight excluding hydrogens is 297 g/mol. The monoisotopic (exact) mass is 309 g/mol. The normalized spacial score (nSPS) is 10.9. The van der Waals surface area contributed by atoms with Crippen LogP contribution in [0.4, 0.5) is 0 Å². The van der Waals surface area contributed by atoms with Crippen LogP contribution in [0.2, 0.25) is 10.0 Å². The van der Waals surface area contributed by atoms with Gasteiger partial charge < -0.3 is 10.3 Å². The summed E-state index contributed by atoms with van der Waals surface area (Å²) >= 11 is 11.9. The molecule has 2 rings (SSSR count). The molecule has 6 heteroatoms. The molecule has 1 aromatic heterocycles. The van der Waals surface area contributed by atoms with Crippen molar-refractivity contribution in [1.82, 2.24) is 15.3 Å².